The monoisotopic (exact) mass is 250 g/mol. The summed E-state index contributed by atoms with van der Waals surface area (Å²) in [5, 5.41) is 3.18. The molecule has 0 aromatic heterocycles. The summed E-state index contributed by atoms with van der Waals surface area (Å²) < 4.78 is 0. The SMILES string of the molecule is CON1C(N)=CC(N)N(OC)C1c1ccccc1. The lowest BCUT2D eigenvalue weighted by atomic mass is 10.1. The molecule has 4 N–H and O–H groups in total. The summed E-state index contributed by atoms with van der Waals surface area (Å²) in [5.74, 6) is 0.465. The van der Waals surface area contributed by atoms with Gasteiger partial charge in [0.25, 0.3) is 0 Å². The van der Waals surface area contributed by atoms with Gasteiger partial charge in [0.1, 0.15) is 12.0 Å². The molecule has 1 aliphatic rings. The topological polar surface area (TPSA) is 77.0 Å². The van der Waals surface area contributed by atoms with Crippen LogP contribution in [0.25, 0.3) is 0 Å². The molecule has 0 aliphatic carbocycles. The van der Waals surface area contributed by atoms with Crippen molar-refractivity contribution in [1.82, 2.24) is 10.1 Å². The second-order valence-electron chi connectivity index (χ2n) is 3.92. The van der Waals surface area contributed by atoms with Gasteiger partial charge in [0, 0.05) is 0 Å². The van der Waals surface area contributed by atoms with Crippen molar-refractivity contribution in [1.29, 1.82) is 0 Å². The lowest BCUT2D eigenvalue weighted by Crippen LogP contribution is -2.53. The van der Waals surface area contributed by atoms with Crippen LogP contribution in [0.1, 0.15) is 11.7 Å². The molecule has 1 heterocycles. The predicted octanol–water partition coefficient (Wildman–Crippen LogP) is 0.511. The minimum atomic E-state index is -0.424. The van der Waals surface area contributed by atoms with Crippen LogP contribution in [0.15, 0.2) is 42.2 Å². The molecule has 2 unspecified atom stereocenters. The third-order valence-corrected chi connectivity index (χ3v) is 2.86. The Morgan fingerprint density at radius 2 is 1.78 bits per heavy atom. The van der Waals surface area contributed by atoms with Gasteiger partial charge >= 0.3 is 0 Å². The van der Waals surface area contributed by atoms with E-state index in [0.29, 0.717) is 5.82 Å². The van der Waals surface area contributed by atoms with Gasteiger partial charge in [0.2, 0.25) is 0 Å². The molecule has 6 heteroatoms. The lowest BCUT2D eigenvalue weighted by Gasteiger charge is -2.43. The third-order valence-electron chi connectivity index (χ3n) is 2.86. The summed E-state index contributed by atoms with van der Waals surface area (Å²) in [5.41, 5.74) is 12.9. The van der Waals surface area contributed by atoms with Crippen LogP contribution >= 0.6 is 0 Å². The Hall–Kier alpha value is -1.60. The first-order valence-corrected chi connectivity index (χ1v) is 5.62. The Morgan fingerprint density at radius 3 is 2.33 bits per heavy atom. The van der Waals surface area contributed by atoms with Gasteiger partial charge in [0.15, 0.2) is 6.17 Å². The van der Waals surface area contributed by atoms with E-state index in [0.717, 1.165) is 5.56 Å². The van der Waals surface area contributed by atoms with E-state index in [1.165, 1.54) is 0 Å². The van der Waals surface area contributed by atoms with Crippen LogP contribution in [0.4, 0.5) is 0 Å². The maximum absolute atomic E-state index is 5.99. The Kier molecular flexibility index (Phi) is 3.83. The summed E-state index contributed by atoms with van der Waals surface area (Å²) in [6.07, 6.45) is 0.930. The first kappa shape index (κ1) is 12.8. The standard InChI is InChI=1S/C12H18N4O2/c1-17-15-10(13)8-11(14)16(18-2)12(15)9-6-4-3-5-7-9/h3-8,10,12H,13-14H2,1-2H3. The van der Waals surface area contributed by atoms with E-state index in [9.17, 15) is 0 Å². The summed E-state index contributed by atoms with van der Waals surface area (Å²) in [7, 11) is 3.13. The number of rotatable bonds is 3. The molecule has 18 heavy (non-hydrogen) atoms. The van der Waals surface area contributed by atoms with E-state index in [-0.39, 0.29) is 6.17 Å². The van der Waals surface area contributed by atoms with E-state index in [4.69, 9.17) is 21.1 Å². The Morgan fingerprint density at radius 1 is 1.11 bits per heavy atom. The quantitative estimate of drug-likeness (QED) is 0.814. The summed E-state index contributed by atoms with van der Waals surface area (Å²) in [6, 6.07) is 9.76. The molecule has 2 rings (SSSR count). The number of nitrogens with zero attached hydrogens (tertiary/aromatic N) is 2. The van der Waals surface area contributed by atoms with Crippen molar-refractivity contribution in [2.24, 2.45) is 11.5 Å². The summed E-state index contributed by atoms with van der Waals surface area (Å²) in [6.45, 7) is 0. The Balaban J connectivity index is 2.42. The fraction of sp³-hybridized carbons (Fsp3) is 0.333. The number of hydrogen-bond donors (Lipinski definition) is 2. The first-order chi connectivity index (χ1) is 8.69. The average molecular weight is 250 g/mol. The minimum Gasteiger partial charge on any atom is -0.384 e. The number of benzene rings is 1. The molecule has 6 nitrogen and oxygen atoms in total. The van der Waals surface area contributed by atoms with Crippen molar-refractivity contribution in [3.05, 3.63) is 47.8 Å². The molecule has 98 valence electrons. The highest BCUT2D eigenvalue weighted by Crippen LogP contribution is 2.31. The molecule has 0 saturated heterocycles. The fourth-order valence-electron chi connectivity index (χ4n) is 2.06. The molecule has 0 radical (unpaired) electrons. The van der Waals surface area contributed by atoms with E-state index >= 15 is 0 Å². The van der Waals surface area contributed by atoms with Gasteiger partial charge in [0.05, 0.1) is 14.2 Å². The number of nitrogens with two attached hydrogens (primary N) is 2. The third kappa shape index (κ3) is 2.19. The fourth-order valence-corrected chi connectivity index (χ4v) is 2.06. The van der Waals surface area contributed by atoms with Crippen molar-refractivity contribution < 1.29 is 9.68 Å². The molecular weight excluding hydrogens is 232 g/mol. The largest absolute Gasteiger partial charge is 0.384 e. The maximum atomic E-state index is 5.99. The van der Waals surface area contributed by atoms with E-state index < -0.39 is 6.17 Å². The molecule has 0 bridgehead atoms. The molecule has 0 spiro atoms. The van der Waals surface area contributed by atoms with Gasteiger partial charge in [-0.15, -0.1) is 5.06 Å². The molecule has 1 aromatic rings. The minimum absolute atomic E-state index is 0.318. The van der Waals surface area contributed by atoms with E-state index in [1.807, 2.05) is 30.3 Å². The lowest BCUT2D eigenvalue weighted by molar-refractivity contribution is -0.287. The molecule has 1 aromatic carbocycles. The predicted molar refractivity (Wildman–Crippen MR) is 67.1 cm³/mol. The van der Waals surface area contributed by atoms with Gasteiger partial charge in [-0.1, -0.05) is 30.3 Å². The van der Waals surface area contributed by atoms with Crippen molar-refractivity contribution in [2.45, 2.75) is 12.3 Å². The number of hydroxylamine groups is 4. The average Bonchev–Trinajstić information content (AvgIpc) is 2.39. The maximum Gasteiger partial charge on any atom is 0.160 e. The van der Waals surface area contributed by atoms with Crippen molar-refractivity contribution in [2.75, 3.05) is 14.2 Å². The molecule has 0 saturated carbocycles. The highest BCUT2D eigenvalue weighted by Gasteiger charge is 2.35. The molecule has 1 aliphatic heterocycles. The van der Waals surface area contributed by atoms with Crippen molar-refractivity contribution >= 4 is 0 Å². The summed E-state index contributed by atoms with van der Waals surface area (Å²) >= 11 is 0. The Labute approximate surface area is 106 Å². The van der Waals surface area contributed by atoms with Gasteiger partial charge < -0.3 is 11.5 Å². The van der Waals surface area contributed by atoms with Gasteiger partial charge in [-0.25, -0.2) is 5.06 Å². The second-order valence-corrected chi connectivity index (χ2v) is 3.92. The zero-order valence-electron chi connectivity index (χ0n) is 10.5. The van der Waals surface area contributed by atoms with Crippen molar-refractivity contribution in [3.63, 3.8) is 0 Å². The normalized spacial score (nSPS) is 25.1. The first-order valence-electron chi connectivity index (χ1n) is 5.62. The van der Waals surface area contributed by atoms with Crippen LogP contribution in [-0.2, 0) is 9.68 Å². The van der Waals surface area contributed by atoms with Gasteiger partial charge in [-0.05, 0) is 11.6 Å². The zero-order valence-corrected chi connectivity index (χ0v) is 10.5. The zero-order chi connectivity index (χ0) is 13.1. The van der Waals surface area contributed by atoms with E-state index in [1.54, 1.807) is 30.4 Å². The van der Waals surface area contributed by atoms with Crippen molar-refractivity contribution in [3.8, 4) is 0 Å². The molecule has 2 atom stereocenters. The Bertz CT molecular complexity index is 423. The molecular formula is C12H18N4O2. The van der Waals surface area contributed by atoms with Crippen LogP contribution in [0, 0.1) is 0 Å². The van der Waals surface area contributed by atoms with Crippen LogP contribution in [0.3, 0.4) is 0 Å². The summed E-state index contributed by atoms with van der Waals surface area (Å²) in [4.78, 5) is 10.7. The van der Waals surface area contributed by atoms with Crippen LogP contribution < -0.4 is 11.5 Å². The molecule has 0 amide bonds. The number of hydrogen-bond acceptors (Lipinski definition) is 6. The van der Waals surface area contributed by atoms with Crippen LogP contribution in [-0.4, -0.2) is 30.5 Å². The van der Waals surface area contributed by atoms with Gasteiger partial charge in [-0.3, -0.25) is 9.68 Å². The van der Waals surface area contributed by atoms with Crippen LogP contribution in [0.5, 0.6) is 0 Å². The van der Waals surface area contributed by atoms with Crippen LogP contribution in [0.2, 0.25) is 0 Å². The smallest absolute Gasteiger partial charge is 0.160 e. The highest BCUT2D eigenvalue weighted by molar-refractivity contribution is 5.21. The van der Waals surface area contributed by atoms with E-state index in [2.05, 4.69) is 0 Å². The molecule has 0 fully saturated rings. The van der Waals surface area contributed by atoms with Gasteiger partial charge in [-0.2, -0.15) is 0 Å². The second kappa shape index (κ2) is 5.36. The highest BCUT2D eigenvalue weighted by atomic mass is 16.7.